The van der Waals surface area contributed by atoms with E-state index in [2.05, 4.69) is 0 Å². The Kier molecular flexibility index (Phi) is 7.56. The summed E-state index contributed by atoms with van der Waals surface area (Å²) in [6.45, 7) is 6.86. The molecule has 4 saturated heterocycles. The van der Waals surface area contributed by atoms with E-state index < -0.39 is 78.7 Å². The van der Waals surface area contributed by atoms with Crippen LogP contribution < -0.4 is 5.69 Å². The average molecular weight is 601 g/mol. The van der Waals surface area contributed by atoms with Crippen LogP contribution in [0.25, 0.3) is 11.0 Å². The average Bonchev–Trinajstić information content (AvgIpc) is 3.63. The summed E-state index contributed by atoms with van der Waals surface area (Å²) in [7, 11) is 3.02. The Morgan fingerprint density at radius 3 is 1.76 bits per heavy atom. The van der Waals surface area contributed by atoms with Gasteiger partial charge >= 0.3 is 5.69 Å². The van der Waals surface area contributed by atoms with Crippen molar-refractivity contribution >= 4 is 22.6 Å². The van der Waals surface area contributed by atoms with Gasteiger partial charge in [0, 0.05) is 19.2 Å². The van der Waals surface area contributed by atoms with E-state index in [4.69, 9.17) is 49.5 Å². The van der Waals surface area contributed by atoms with Gasteiger partial charge in [0.1, 0.15) is 48.8 Å². The number of benzene rings is 1. The van der Waals surface area contributed by atoms with Gasteiger partial charge in [0.05, 0.1) is 24.1 Å². The number of hydrogen-bond donors (Lipinski definition) is 2. The molecule has 4 aliphatic heterocycles. The minimum atomic E-state index is -1.16. The molecule has 2 N–H and O–H groups in total. The van der Waals surface area contributed by atoms with Crippen molar-refractivity contribution in [2.24, 2.45) is 0 Å². The molecule has 41 heavy (non-hydrogen) atoms. The van der Waals surface area contributed by atoms with E-state index in [1.807, 2.05) is 0 Å². The third-order valence-corrected chi connectivity index (χ3v) is 8.31. The van der Waals surface area contributed by atoms with Crippen LogP contribution in [0.5, 0.6) is 0 Å². The van der Waals surface area contributed by atoms with E-state index >= 15 is 0 Å². The minimum Gasteiger partial charge on any atom is -0.388 e. The lowest BCUT2D eigenvalue weighted by atomic mass is 10.1. The topological polar surface area (TPSA) is 141 Å². The van der Waals surface area contributed by atoms with Crippen molar-refractivity contribution in [1.29, 1.82) is 0 Å². The molecular weight excluding hydrogens is 564 g/mol. The zero-order valence-corrected chi connectivity index (χ0v) is 24.5. The fraction of sp³-hybridized carbons (Fsp3) is 0.741. The Labute approximate surface area is 241 Å². The summed E-state index contributed by atoms with van der Waals surface area (Å²) in [5.41, 5.74) is 0.546. The number of aliphatic hydroxyl groups excluding tert-OH is 2. The van der Waals surface area contributed by atoms with E-state index in [1.165, 1.54) is 23.4 Å². The van der Waals surface area contributed by atoms with E-state index in [9.17, 15) is 15.0 Å². The van der Waals surface area contributed by atoms with Crippen LogP contribution in [-0.4, -0.2) is 107 Å². The maximum Gasteiger partial charge on any atom is 0.329 e. The molecule has 0 aliphatic carbocycles. The van der Waals surface area contributed by atoms with Gasteiger partial charge in [-0.3, -0.25) is 9.13 Å². The maximum absolute atomic E-state index is 13.8. The van der Waals surface area contributed by atoms with E-state index in [0.717, 1.165) is 0 Å². The fourth-order valence-electron chi connectivity index (χ4n) is 6.39. The number of halogens is 1. The van der Waals surface area contributed by atoms with Crippen LogP contribution in [0.1, 0.15) is 27.7 Å². The van der Waals surface area contributed by atoms with Gasteiger partial charge in [-0.25, -0.2) is 4.79 Å². The summed E-state index contributed by atoms with van der Waals surface area (Å²) < 4.78 is 49.5. The second kappa shape index (κ2) is 10.5. The zero-order valence-electron chi connectivity index (χ0n) is 23.8. The highest BCUT2D eigenvalue weighted by Gasteiger charge is 2.58. The first-order chi connectivity index (χ1) is 19.3. The summed E-state index contributed by atoms with van der Waals surface area (Å²) in [5.74, 6) is -1.69. The Hall–Kier alpha value is -1.62. The molecule has 1 aromatic heterocycles. The number of hydrogen-bond acceptors (Lipinski definition) is 11. The van der Waals surface area contributed by atoms with Crippen LogP contribution in [-0.2, 0) is 51.0 Å². The van der Waals surface area contributed by atoms with Crippen LogP contribution >= 0.6 is 11.6 Å². The lowest BCUT2D eigenvalue weighted by Gasteiger charge is -2.28. The van der Waals surface area contributed by atoms with Crippen LogP contribution in [0, 0.1) is 0 Å². The molecule has 4 fully saturated rings. The normalized spacial score (nSPS) is 37.0. The summed E-state index contributed by atoms with van der Waals surface area (Å²) in [6, 6.07) is 4.99. The summed E-state index contributed by atoms with van der Waals surface area (Å²) in [5, 5.41) is 23.0. The maximum atomic E-state index is 13.8. The molecule has 0 unspecified atom stereocenters. The molecule has 228 valence electrons. The van der Waals surface area contributed by atoms with E-state index in [0.29, 0.717) is 16.1 Å². The van der Waals surface area contributed by atoms with E-state index in [1.54, 1.807) is 45.9 Å². The molecule has 14 heteroatoms. The van der Waals surface area contributed by atoms with Gasteiger partial charge in [-0.2, -0.15) is 0 Å². The second-order valence-corrected chi connectivity index (χ2v) is 12.2. The lowest BCUT2D eigenvalue weighted by Crippen LogP contribution is -2.46. The van der Waals surface area contributed by atoms with Crippen molar-refractivity contribution in [2.45, 2.75) is 114 Å². The van der Waals surface area contributed by atoms with Gasteiger partial charge < -0.3 is 48.1 Å². The summed E-state index contributed by atoms with van der Waals surface area (Å²) in [6.07, 6.45) is -7.65. The molecule has 13 nitrogen and oxygen atoms in total. The van der Waals surface area contributed by atoms with Crippen molar-refractivity contribution in [2.75, 3.05) is 14.2 Å². The highest BCUT2D eigenvalue weighted by molar-refractivity contribution is 6.31. The number of aliphatic hydroxyl groups is 2. The van der Waals surface area contributed by atoms with Crippen molar-refractivity contribution in [3.8, 4) is 0 Å². The molecule has 10 atom stereocenters. The molecule has 6 rings (SSSR count). The van der Waals surface area contributed by atoms with Crippen molar-refractivity contribution in [3.05, 3.63) is 33.7 Å². The molecule has 0 radical (unpaired) electrons. The first-order valence-electron chi connectivity index (χ1n) is 13.6. The molecule has 2 aromatic rings. The standard InChI is InChI=1S/C27H37ClN2O11/c1-26(2)38-21-19(34-5)17(36-23(21)40-26)15(31)10-29-13-8-7-12(28)9-14(13)30(25(29)33)11-16(32)18-20(35-6)22-24(37-18)41-27(3,4)39-22/h7-9,15-24,31-32H,10-11H2,1-6H3/t15-,16+,17-,18-,19+,20+,21-,22-,23+,24-/m1/s1. The summed E-state index contributed by atoms with van der Waals surface area (Å²) in [4.78, 5) is 13.8. The molecule has 0 saturated carbocycles. The number of imidazole rings is 1. The Bertz CT molecular complexity index is 1340. The van der Waals surface area contributed by atoms with Gasteiger partial charge in [-0.05, 0) is 45.9 Å². The van der Waals surface area contributed by atoms with Gasteiger partial charge in [-0.1, -0.05) is 11.6 Å². The fourth-order valence-corrected chi connectivity index (χ4v) is 6.56. The first kappa shape index (κ1) is 29.5. The number of nitrogens with zero attached hydrogens (tertiary/aromatic N) is 2. The van der Waals surface area contributed by atoms with Gasteiger partial charge in [-0.15, -0.1) is 0 Å². The van der Waals surface area contributed by atoms with Crippen molar-refractivity contribution < 1.29 is 48.1 Å². The molecule has 0 bridgehead atoms. The number of ether oxygens (including phenoxy) is 8. The number of rotatable bonds is 8. The highest BCUT2D eigenvalue weighted by Crippen LogP contribution is 2.41. The smallest absolute Gasteiger partial charge is 0.329 e. The number of aromatic nitrogens is 2. The summed E-state index contributed by atoms with van der Waals surface area (Å²) >= 11 is 6.30. The Balaban J connectivity index is 1.25. The van der Waals surface area contributed by atoms with Crippen molar-refractivity contribution in [3.63, 3.8) is 0 Å². The number of fused-ring (bicyclic) bond motifs is 3. The van der Waals surface area contributed by atoms with Crippen LogP contribution in [0.4, 0.5) is 0 Å². The Morgan fingerprint density at radius 1 is 0.829 bits per heavy atom. The molecule has 0 spiro atoms. The van der Waals surface area contributed by atoms with Crippen LogP contribution in [0.15, 0.2) is 23.0 Å². The van der Waals surface area contributed by atoms with Crippen LogP contribution in [0.3, 0.4) is 0 Å². The molecule has 5 heterocycles. The monoisotopic (exact) mass is 600 g/mol. The number of methoxy groups -OCH3 is 2. The zero-order chi connectivity index (χ0) is 29.4. The largest absolute Gasteiger partial charge is 0.388 e. The lowest BCUT2D eigenvalue weighted by molar-refractivity contribution is -0.228. The molecule has 4 aliphatic rings. The third kappa shape index (κ3) is 5.14. The molecule has 1 aromatic carbocycles. The highest BCUT2D eigenvalue weighted by atomic mass is 35.5. The predicted molar refractivity (Wildman–Crippen MR) is 142 cm³/mol. The van der Waals surface area contributed by atoms with E-state index in [-0.39, 0.29) is 13.1 Å². The quantitative estimate of drug-likeness (QED) is 0.447. The van der Waals surface area contributed by atoms with Crippen molar-refractivity contribution in [1.82, 2.24) is 9.13 Å². The predicted octanol–water partition coefficient (Wildman–Crippen LogP) is 0.961. The third-order valence-electron chi connectivity index (χ3n) is 8.08. The van der Waals surface area contributed by atoms with Gasteiger partial charge in [0.25, 0.3) is 0 Å². The van der Waals surface area contributed by atoms with Crippen LogP contribution in [0.2, 0.25) is 5.02 Å². The first-order valence-corrected chi connectivity index (χ1v) is 14.0. The second-order valence-electron chi connectivity index (χ2n) is 11.8. The molecular formula is C27H37ClN2O11. The van der Waals surface area contributed by atoms with Gasteiger partial charge in [0.15, 0.2) is 24.2 Å². The Morgan fingerprint density at radius 2 is 1.29 bits per heavy atom. The SMILES string of the molecule is CO[C@@H]1[C@H]2OC(C)(C)O[C@@H]2O[C@@H]1[C@H](O)Cn1c(=O)n(C[C@H](O)[C@H]2O[C@@H]3OC(C)(C)O[C@@H]3[C@H]2OC)c2cc(Cl)ccc21. The minimum absolute atomic E-state index is 0.116. The molecule has 0 amide bonds. The van der Waals surface area contributed by atoms with Gasteiger partial charge in [0.2, 0.25) is 0 Å².